The van der Waals surface area contributed by atoms with Gasteiger partial charge in [0.2, 0.25) is 0 Å². The summed E-state index contributed by atoms with van der Waals surface area (Å²) in [6.07, 6.45) is 10.7. The van der Waals surface area contributed by atoms with E-state index in [1.54, 1.807) is 25.4 Å². The molecule has 5 heterocycles. The minimum absolute atomic E-state index is 0.453. The second-order valence-electron chi connectivity index (χ2n) is 9.37. The average Bonchev–Trinajstić information content (AvgIpc) is 3.55. The van der Waals surface area contributed by atoms with Crippen LogP contribution in [0.1, 0.15) is 30.4 Å². The van der Waals surface area contributed by atoms with Gasteiger partial charge in [-0.15, -0.1) is 0 Å². The zero-order valence-corrected chi connectivity index (χ0v) is 21.1. The Hall–Kier alpha value is -3.96. The molecule has 0 spiro atoms. The maximum Gasteiger partial charge on any atom is 0.302 e. The summed E-state index contributed by atoms with van der Waals surface area (Å²) >= 11 is 0. The van der Waals surface area contributed by atoms with Gasteiger partial charge in [0.1, 0.15) is 5.82 Å². The van der Waals surface area contributed by atoms with Crippen LogP contribution in [0, 0.1) is 11.3 Å². The lowest BCUT2D eigenvalue weighted by Gasteiger charge is -2.20. The molecule has 1 aromatic carbocycles. The fourth-order valence-corrected chi connectivity index (χ4v) is 4.89. The van der Waals surface area contributed by atoms with Crippen molar-refractivity contribution in [1.82, 2.24) is 24.3 Å². The lowest BCUT2D eigenvalue weighted by atomic mass is 9.99. The fourth-order valence-electron chi connectivity index (χ4n) is 4.89. The Morgan fingerprint density at radius 3 is 2.42 bits per heavy atom. The molecule has 1 fully saturated rings. The highest BCUT2D eigenvalue weighted by Crippen LogP contribution is 2.37. The molecule has 8 nitrogen and oxygen atoms in total. The quantitative estimate of drug-likeness (QED) is 0.428. The van der Waals surface area contributed by atoms with Gasteiger partial charge in [0, 0.05) is 43.3 Å². The number of fused-ring (bicyclic) bond motifs is 2. The monoisotopic (exact) mass is 481 g/mol. The Balaban J connectivity index is 0.000000330. The third-order valence-corrected chi connectivity index (χ3v) is 6.87. The third kappa shape index (κ3) is 4.62. The summed E-state index contributed by atoms with van der Waals surface area (Å²) in [5.74, 6) is 1.02. The lowest BCUT2D eigenvalue weighted by Crippen LogP contribution is -2.24. The molecule has 0 unspecified atom stereocenters. The van der Waals surface area contributed by atoms with Crippen molar-refractivity contribution in [2.45, 2.75) is 25.7 Å². The van der Waals surface area contributed by atoms with E-state index in [0.717, 1.165) is 46.8 Å². The number of nitriles is 1. The van der Waals surface area contributed by atoms with E-state index in [2.05, 4.69) is 41.0 Å². The number of benzene rings is 1. The van der Waals surface area contributed by atoms with E-state index >= 15 is 0 Å². The molecule has 1 saturated heterocycles. The molecule has 6 rings (SSSR count). The number of nitrogens with zero attached hydrogens (tertiary/aromatic N) is 7. The summed E-state index contributed by atoms with van der Waals surface area (Å²) in [5, 5.41) is 9.13. The van der Waals surface area contributed by atoms with Gasteiger partial charge in [-0.3, -0.25) is 4.40 Å². The summed E-state index contributed by atoms with van der Waals surface area (Å²) in [6.45, 7) is 3.61. The van der Waals surface area contributed by atoms with E-state index in [1.165, 1.54) is 37.9 Å². The highest BCUT2D eigenvalue weighted by Gasteiger charge is 2.22. The van der Waals surface area contributed by atoms with Crippen molar-refractivity contribution in [3.8, 4) is 34.5 Å². The Morgan fingerprint density at radius 1 is 0.972 bits per heavy atom. The van der Waals surface area contributed by atoms with E-state index in [0.29, 0.717) is 11.6 Å². The van der Waals surface area contributed by atoms with Crippen molar-refractivity contribution < 1.29 is 4.74 Å². The van der Waals surface area contributed by atoms with Crippen LogP contribution in [0.25, 0.3) is 28.0 Å². The number of pyridine rings is 1. The van der Waals surface area contributed by atoms with Crippen LogP contribution in [0.15, 0.2) is 48.9 Å². The number of likely N-dealkylation sites (tertiary alicyclic amines) is 1. The van der Waals surface area contributed by atoms with Crippen molar-refractivity contribution in [3.63, 3.8) is 0 Å². The van der Waals surface area contributed by atoms with E-state index in [-0.39, 0.29) is 0 Å². The van der Waals surface area contributed by atoms with E-state index in [1.807, 2.05) is 28.9 Å². The Labute approximate surface area is 211 Å². The van der Waals surface area contributed by atoms with Gasteiger partial charge in [-0.25, -0.2) is 9.97 Å². The van der Waals surface area contributed by atoms with Crippen molar-refractivity contribution in [2.24, 2.45) is 0 Å². The molecule has 4 aromatic rings. The molecule has 0 atom stereocenters. The number of hydrogen-bond acceptors (Lipinski definition) is 7. The predicted octanol–water partition coefficient (Wildman–Crippen LogP) is 4.43. The van der Waals surface area contributed by atoms with E-state index < -0.39 is 0 Å². The first-order chi connectivity index (χ1) is 17.6. The number of rotatable bonds is 3. The Kier molecular flexibility index (Phi) is 6.83. The van der Waals surface area contributed by atoms with Gasteiger partial charge in [0.05, 0.1) is 30.0 Å². The SMILES string of the molecule is CN1CCCCC1.COc1nc(-c2ccc(C#N)cc2)c(-c2cnc3c(c2)CCN3C)c2nccn12. The molecule has 0 saturated carbocycles. The van der Waals surface area contributed by atoms with Crippen LogP contribution in [0.5, 0.6) is 6.01 Å². The van der Waals surface area contributed by atoms with Crippen LogP contribution in [0.2, 0.25) is 0 Å². The molecule has 0 aliphatic carbocycles. The fraction of sp³-hybridized carbons (Fsp3) is 0.357. The summed E-state index contributed by atoms with van der Waals surface area (Å²) in [5.41, 5.74) is 6.07. The van der Waals surface area contributed by atoms with Crippen LogP contribution < -0.4 is 9.64 Å². The minimum Gasteiger partial charge on any atom is -0.468 e. The second kappa shape index (κ2) is 10.3. The molecule has 2 aliphatic heterocycles. The smallest absolute Gasteiger partial charge is 0.302 e. The van der Waals surface area contributed by atoms with Gasteiger partial charge >= 0.3 is 6.01 Å². The topological polar surface area (TPSA) is 82.6 Å². The number of likely N-dealkylation sites (N-methyl/N-ethyl adjacent to an activating group) is 1. The van der Waals surface area contributed by atoms with Gasteiger partial charge in [-0.2, -0.15) is 10.2 Å². The summed E-state index contributed by atoms with van der Waals surface area (Å²) < 4.78 is 7.34. The molecule has 0 amide bonds. The lowest BCUT2D eigenvalue weighted by molar-refractivity contribution is 0.277. The summed E-state index contributed by atoms with van der Waals surface area (Å²) in [7, 11) is 5.85. The highest BCUT2D eigenvalue weighted by atomic mass is 16.5. The normalized spacial score (nSPS) is 15.2. The first-order valence-electron chi connectivity index (χ1n) is 12.4. The van der Waals surface area contributed by atoms with Gasteiger partial charge in [0.15, 0.2) is 5.65 Å². The molecule has 0 N–H and O–H groups in total. The Bertz CT molecular complexity index is 1400. The number of ether oxygens (including phenoxy) is 1. The van der Waals surface area contributed by atoms with Crippen molar-refractivity contribution in [3.05, 3.63) is 60.0 Å². The number of aromatic nitrogens is 4. The predicted molar refractivity (Wildman–Crippen MR) is 141 cm³/mol. The van der Waals surface area contributed by atoms with E-state index in [9.17, 15) is 0 Å². The van der Waals surface area contributed by atoms with E-state index in [4.69, 9.17) is 20.0 Å². The van der Waals surface area contributed by atoms with Crippen LogP contribution in [-0.4, -0.2) is 65.1 Å². The number of hydrogen-bond donors (Lipinski definition) is 0. The second-order valence-corrected chi connectivity index (χ2v) is 9.37. The summed E-state index contributed by atoms with van der Waals surface area (Å²) in [4.78, 5) is 18.6. The third-order valence-electron chi connectivity index (χ3n) is 6.87. The van der Waals surface area contributed by atoms with Gasteiger partial charge in [-0.05, 0) is 63.2 Å². The Morgan fingerprint density at radius 2 is 1.75 bits per heavy atom. The molecular weight excluding hydrogens is 450 g/mol. The first kappa shape index (κ1) is 23.8. The molecule has 0 radical (unpaired) electrons. The summed E-state index contributed by atoms with van der Waals surface area (Å²) in [6, 6.07) is 12.2. The minimum atomic E-state index is 0.453. The van der Waals surface area contributed by atoms with Crippen molar-refractivity contribution in [1.29, 1.82) is 5.26 Å². The maximum absolute atomic E-state index is 9.13. The molecule has 3 aromatic heterocycles. The number of imidazole rings is 1. The van der Waals surface area contributed by atoms with Crippen molar-refractivity contribution >= 4 is 11.5 Å². The standard InChI is InChI=1S/C22H18N6O.C6H13N/c1-27-9-7-16-11-17(13-25-20(16)27)18-19(15-5-3-14(12-23)4-6-15)26-22(29-2)28-10-8-24-21(18)28;1-7-5-3-2-4-6-7/h3-6,8,10-11,13H,7,9H2,1-2H3;2-6H2,1H3. The molecule has 8 heteroatoms. The van der Waals surface area contributed by atoms with Crippen LogP contribution in [0.4, 0.5) is 5.82 Å². The molecule has 36 heavy (non-hydrogen) atoms. The molecule has 184 valence electrons. The van der Waals surface area contributed by atoms with Crippen LogP contribution in [0.3, 0.4) is 0 Å². The molecular formula is C28H31N7O. The van der Waals surface area contributed by atoms with Gasteiger partial charge in [-0.1, -0.05) is 18.6 Å². The molecule has 0 bridgehead atoms. The molecule has 2 aliphatic rings. The number of piperidine rings is 1. The zero-order valence-electron chi connectivity index (χ0n) is 21.1. The largest absolute Gasteiger partial charge is 0.468 e. The zero-order chi connectivity index (χ0) is 25.1. The van der Waals surface area contributed by atoms with Crippen molar-refractivity contribution in [2.75, 3.05) is 45.7 Å². The van der Waals surface area contributed by atoms with Crippen LogP contribution in [-0.2, 0) is 6.42 Å². The number of anilines is 1. The van der Waals surface area contributed by atoms with Gasteiger partial charge < -0.3 is 14.5 Å². The average molecular weight is 482 g/mol. The first-order valence-corrected chi connectivity index (χ1v) is 12.4. The number of methoxy groups -OCH3 is 1. The van der Waals surface area contributed by atoms with Gasteiger partial charge in [0.25, 0.3) is 0 Å². The van der Waals surface area contributed by atoms with Crippen LogP contribution >= 0.6 is 0 Å². The highest BCUT2D eigenvalue weighted by molar-refractivity contribution is 5.90. The maximum atomic E-state index is 9.13.